The summed E-state index contributed by atoms with van der Waals surface area (Å²) >= 11 is 0. The van der Waals surface area contributed by atoms with Gasteiger partial charge in [0.05, 0.1) is 10.6 Å². The van der Waals surface area contributed by atoms with Gasteiger partial charge in [-0.25, -0.2) is 22.8 Å². The summed E-state index contributed by atoms with van der Waals surface area (Å²) in [6.07, 6.45) is -0.432. The highest BCUT2D eigenvalue weighted by Crippen LogP contribution is 2.51. The number of halogens is 4. The van der Waals surface area contributed by atoms with Crippen molar-refractivity contribution in [2.24, 2.45) is 11.8 Å². The molecule has 3 heterocycles. The third-order valence-corrected chi connectivity index (χ3v) is 8.15. The van der Waals surface area contributed by atoms with Gasteiger partial charge in [-0.15, -0.1) is 0 Å². The molecule has 2 aliphatic rings. The summed E-state index contributed by atoms with van der Waals surface area (Å²) < 4.78 is 78.8. The molecule has 2 fully saturated rings. The van der Waals surface area contributed by atoms with Crippen LogP contribution in [-0.4, -0.2) is 46.2 Å². The van der Waals surface area contributed by atoms with E-state index in [1.807, 2.05) is 0 Å². The highest BCUT2D eigenvalue weighted by atomic mass is 32.2. The van der Waals surface area contributed by atoms with Crippen LogP contribution in [-0.2, 0) is 27.5 Å². The van der Waals surface area contributed by atoms with Gasteiger partial charge in [0.25, 0.3) is 0 Å². The minimum Gasteiger partial charge on any atom is -0.351 e. The van der Waals surface area contributed by atoms with Gasteiger partial charge in [-0.2, -0.15) is 17.5 Å². The van der Waals surface area contributed by atoms with Crippen LogP contribution >= 0.6 is 0 Å². The van der Waals surface area contributed by atoms with Crippen LogP contribution in [0.2, 0.25) is 0 Å². The Balaban J connectivity index is 1.29. The average molecular weight is 521 g/mol. The number of pyridine rings is 1. The van der Waals surface area contributed by atoms with Gasteiger partial charge >= 0.3 is 6.18 Å². The Kier molecular flexibility index (Phi) is 5.99. The van der Waals surface area contributed by atoms with Crippen LogP contribution in [0.1, 0.15) is 17.8 Å². The summed E-state index contributed by atoms with van der Waals surface area (Å²) in [5.41, 5.74) is 1.19. The first-order valence-electron chi connectivity index (χ1n) is 10.9. The number of hydrogen-bond donors (Lipinski definition) is 1. The zero-order chi connectivity index (χ0) is 25.7. The van der Waals surface area contributed by atoms with E-state index < -0.39 is 39.8 Å². The van der Waals surface area contributed by atoms with Crippen LogP contribution in [0.25, 0.3) is 11.3 Å². The largest absolute Gasteiger partial charge is 0.451 e. The Labute approximate surface area is 203 Å². The molecule has 1 N–H and O–H groups in total. The quantitative estimate of drug-likeness (QED) is 0.500. The molecule has 1 aliphatic carbocycles. The standard InChI is InChI=1S/C23H19F4N5O3S/c24-16-1-3-17(4-2-16)36(34,35)32-12-14-8-18(14)20(32)21(33)29-9-13-5-6-28-19(7-13)15-10-30-22(31-11-15)23(25,26)27/h1-7,10-11,14,18,20H,8-9,12H2,(H,29,33)/t14?,18-,20-/m0/s1. The summed E-state index contributed by atoms with van der Waals surface area (Å²) in [5.74, 6) is -2.26. The molecule has 1 amide bonds. The van der Waals surface area contributed by atoms with Gasteiger partial charge in [-0.1, -0.05) is 0 Å². The zero-order valence-corrected chi connectivity index (χ0v) is 19.3. The summed E-state index contributed by atoms with van der Waals surface area (Å²) in [6.45, 7) is 0.268. The first-order valence-corrected chi connectivity index (χ1v) is 12.4. The van der Waals surface area contributed by atoms with E-state index in [1.54, 1.807) is 12.1 Å². The number of carbonyl (C=O) groups excluding carboxylic acids is 1. The van der Waals surface area contributed by atoms with Crippen molar-refractivity contribution in [3.8, 4) is 11.3 Å². The van der Waals surface area contributed by atoms with Crippen LogP contribution in [0, 0.1) is 17.7 Å². The number of rotatable bonds is 6. The van der Waals surface area contributed by atoms with E-state index in [-0.39, 0.29) is 35.4 Å². The Morgan fingerprint density at radius 3 is 2.44 bits per heavy atom. The minimum absolute atomic E-state index is 0.0498. The lowest BCUT2D eigenvalue weighted by Gasteiger charge is -2.26. The van der Waals surface area contributed by atoms with Crippen molar-refractivity contribution in [3.05, 3.63) is 72.2 Å². The van der Waals surface area contributed by atoms with Crippen LogP contribution in [0.3, 0.4) is 0 Å². The fourth-order valence-electron chi connectivity index (χ4n) is 4.38. The Morgan fingerprint density at radius 1 is 1.08 bits per heavy atom. The van der Waals surface area contributed by atoms with Crippen molar-refractivity contribution in [1.82, 2.24) is 24.6 Å². The number of nitrogens with zero attached hydrogens (tertiary/aromatic N) is 4. The number of alkyl halides is 3. The molecule has 8 nitrogen and oxygen atoms in total. The van der Waals surface area contributed by atoms with Crippen molar-refractivity contribution in [2.45, 2.75) is 30.1 Å². The van der Waals surface area contributed by atoms with Crippen molar-refractivity contribution >= 4 is 15.9 Å². The third kappa shape index (κ3) is 4.67. The molecule has 0 radical (unpaired) electrons. The third-order valence-electron chi connectivity index (χ3n) is 6.29. The van der Waals surface area contributed by atoms with Gasteiger partial charge in [0.1, 0.15) is 11.9 Å². The van der Waals surface area contributed by atoms with Gasteiger partial charge in [-0.05, 0) is 60.2 Å². The Morgan fingerprint density at radius 2 is 1.78 bits per heavy atom. The normalized spacial score (nSPS) is 21.7. The molecule has 1 saturated heterocycles. The molecule has 1 aliphatic heterocycles. The number of aromatic nitrogens is 3. The van der Waals surface area contributed by atoms with E-state index in [0.717, 1.165) is 30.9 Å². The van der Waals surface area contributed by atoms with Gasteiger partial charge in [0.2, 0.25) is 21.8 Å². The predicted molar refractivity (Wildman–Crippen MR) is 118 cm³/mol. The summed E-state index contributed by atoms with van der Waals surface area (Å²) in [5, 5.41) is 2.76. The topological polar surface area (TPSA) is 105 Å². The number of carbonyl (C=O) groups is 1. The number of benzene rings is 1. The molecular weight excluding hydrogens is 502 g/mol. The minimum atomic E-state index is -4.66. The molecule has 5 rings (SSSR count). The molecule has 1 saturated carbocycles. The second-order valence-electron chi connectivity index (χ2n) is 8.69. The average Bonchev–Trinajstić information content (AvgIpc) is 3.51. The van der Waals surface area contributed by atoms with Crippen LogP contribution in [0.4, 0.5) is 17.6 Å². The lowest BCUT2D eigenvalue weighted by atomic mass is 10.1. The van der Waals surface area contributed by atoms with E-state index in [1.165, 1.54) is 22.6 Å². The molecule has 1 aromatic carbocycles. The SMILES string of the molecule is O=C(NCc1ccnc(-c2cnc(C(F)(F)F)nc2)c1)[C@@H]1[C@H]2CC2CN1S(=O)(=O)c1ccc(F)cc1. The summed E-state index contributed by atoms with van der Waals surface area (Å²) in [4.78, 5) is 23.8. The van der Waals surface area contributed by atoms with Gasteiger partial charge in [0, 0.05) is 37.2 Å². The summed E-state index contributed by atoms with van der Waals surface area (Å²) in [7, 11) is -3.99. The van der Waals surface area contributed by atoms with E-state index in [4.69, 9.17) is 0 Å². The molecule has 3 atom stereocenters. The Hall–Kier alpha value is -3.45. The number of amides is 1. The van der Waals surface area contributed by atoms with Crippen LogP contribution in [0.5, 0.6) is 0 Å². The molecule has 0 spiro atoms. The van der Waals surface area contributed by atoms with E-state index in [9.17, 15) is 30.8 Å². The van der Waals surface area contributed by atoms with Crippen molar-refractivity contribution in [3.63, 3.8) is 0 Å². The number of nitrogens with one attached hydrogen (secondary N) is 1. The van der Waals surface area contributed by atoms with Crippen molar-refractivity contribution in [2.75, 3.05) is 6.54 Å². The predicted octanol–water partition coefficient (Wildman–Crippen LogP) is 3.02. The monoisotopic (exact) mass is 521 g/mol. The highest BCUT2D eigenvalue weighted by Gasteiger charge is 2.58. The first-order chi connectivity index (χ1) is 17.0. The van der Waals surface area contributed by atoms with Crippen molar-refractivity contribution in [1.29, 1.82) is 0 Å². The maximum Gasteiger partial charge on any atom is 0.451 e. The first kappa shape index (κ1) is 24.3. The number of hydrogen-bond acceptors (Lipinski definition) is 6. The van der Waals surface area contributed by atoms with Crippen LogP contribution in [0.15, 0.2) is 59.9 Å². The molecular formula is C23H19F4N5O3S. The maximum atomic E-state index is 13.3. The van der Waals surface area contributed by atoms with E-state index in [0.29, 0.717) is 11.3 Å². The van der Waals surface area contributed by atoms with Crippen molar-refractivity contribution < 1.29 is 30.8 Å². The molecule has 1 unspecified atom stereocenters. The maximum absolute atomic E-state index is 13.3. The number of piperidine rings is 1. The zero-order valence-electron chi connectivity index (χ0n) is 18.5. The molecule has 13 heteroatoms. The lowest BCUT2D eigenvalue weighted by molar-refractivity contribution is -0.145. The van der Waals surface area contributed by atoms with E-state index >= 15 is 0 Å². The number of sulfonamides is 1. The van der Waals surface area contributed by atoms with Gasteiger partial charge in [0.15, 0.2) is 0 Å². The molecule has 188 valence electrons. The van der Waals surface area contributed by atoms with Gasteiger partial charge in [-0.3, -0.25) is 9.78 Å². The molecule has 2 aromatic heterocycles. The fraction of sp³-hybridized carbons (Fsp3) is 0.304. The van der Waals surface area contributed by atoms with E-state index in [2.05, 4.69) is 20.3 Å². The molecule has 36 heavy (non-hydrogen) atoms. The lowest BCUT2D eigenvalue weighted by Crippen LogP contribution is -2.48. The summed E-state index contributed by atoms with van der Waals surface area (Å²) in [6, 6.07) is 6.78. The molecule has 3 aromatic rings. The Bertz CT molecular complexity index is 1400. The smallest absolute Gasteiger partial charge is 0.351 e. The fourth-order valence-corrected chi connectivity index (χ4v) is 6.07. The highest BCUT2D eigenvalue weighted by molar-refractivity contribution is 7.89. The second kappa shape index (κ2) is 8.89. The second-order valence-corrected chi connectivity index (χ2v) is 10.6. The molecule has 0 bridgehead atoms. The number of fused-ring (bicyclic) bond motifs is 1. The van der Waals surface area contributed by atoms with Gasteiger partial charge < -0.3 is 5.32 Å². The van der Waals surface area contributed by atoms with Crippen LogP contribution < -0.4 is 5.32 Å².